The van der Waals surface area contributed by atoms with Crippen LogP contribution in [0.15, 0.2) is 36.5 Å². The van der Waals surface area contributed by atoms with Crippen molar-refractivity contribution in [1.82, 2.24) is 4.98 Å². The van der Waals surface area contributed by atoms with Gasteiger partial charge in [-0.25, -0.2) is 0 Å². The number of aromatic nitrogens is 1. The van der Waals surface area contributed by atoms with Crippen LogP contribution >= 0.6 is 0 Å². The van der Waals surface area contributed by atoms with Crippen LogP contribution in [0, 0.1) is 0 Å². The first-order chi connectivity index (χ1) is 9.59. The lowest BCUT2D eigenvalue weighted by molar-refractivity contribution is 0.135. The molecule has 0 aliphatic carbocycles. The fourth-order valence-corrected chi connectivity index (χ4v) is 2.46. The largest absolute Gasteiger partial charge is 0.483 e. The number of benzene rings is 1. The summed E-state index contributed by atoms with van der Waals surface area (Å²) in [5, 5.41) is 0. The summed E-state index contributed by atoms with van der Waals surface area (Å²) in [5.74, 6) is 2.22. The molecule has 1 aromatic carbocycles. The molecule has 20 heavy (non-hydrogen) atoms. The van der Waals surface area contributed by atoms with Gasteiger partial charge in [-0.15, -0.1) is 0 Å². The maximum absolute atomic E-state index is 5.99. The Morgan fingerprint density at radius 1 is 1.25 bits per heavy atom. The molecule has 0 radical (unpaired) electrons. The molecule has 0 unspecified atom stereocenters. The third-order valence-corrected chi connectivity index (χ3v) is 3.32. The minimum Gasteiger partial charge on any atom is -0.483 e. The number of nitrogens with zero attached hydrogens (tertiary/aromatic N) is 1. The van der Waals surface area contributed by atoms with Gasteiger partial charge in [-0.05, 0) is 32.0 Å². The van der Waals surface area contributed by atoms with Gasteiger partial charge in [0, 0.05) is 24.7 Å². The van der Waals surface area contributed by atoms with Crippen LogP contribution in [-0.2, 0) is 13.0 Å². The van der Waals surface area contributed by atoms with Gasteiger partial charge in [0.1, 0.15) is 11.4 Å². The van der Waals surface area contributed by atoms with Crippen molar-refractivity contribution in [2.24, 2.45) is 5.73 Å². The van der Waals surface area contributed by atoms with Gasteiger partial charge < -0.3 is 15.2 Å². The molecule has 0 saturated carbocycles. The fourth-order valence-electron chi connectivity index (χ4n) is 2.46. The highest BCUT2D eigenvalue weighted by atomic mass is 16.5. The molecular weight excluding hydrogens is 252 g/mol. The summed E-state index contributed by atoms with van der Waals surface area (Å²) in [6.45, 7) is 4.50. The summed E-state index contributed by atoms with van der Waals surface area (Å²) in [5.41, 5.74) is 7.41. The summed E-state index contributed by atoms with van der Waals surface area (Å²) in [6.07, 6.45) is 2.60. The Balaban J connectivity index is 1.96. The van der Waals surface area contributed by atoms with Gasteiger partial charge in [0.05, 0.1) is 5.69 Å². The second-order valence-corrected chi connectivity index (χ2v) is 5.54. The number of fused-ring (bicyclic) bond motifs is 1. The van der Waals surface area contributed by atoms with Crippen LogP contribution in [0.25, 0.3) is 0 Å². The van der Waals surface area contributed by atoms with E-state index in [1.54, 1.807) is 6.20 Å². The van der Waals surface area contributed by atoms with Crippen molar-refractivity contribution >= 4 is 0 Å². The predicted octanol–water partition coefficient (Wildman–Crippen LogP) is 3.05. The summed E-state index contributed by atoms with van der Waals surface area (Å²) >= 11 is 0. The number of para-hydroxylation sites is 1. The van der Waals surface area contributed by atoms with Gasteiger partial charge >= 0.3 is 0 Å². The van der Waals surface area contributed by atoms with E-state index in [0.717, 1.165) is 23.6 Å². The number of nitrogens with two attached hydrogens (primary N) is 1. The van der Waals surface area contributed by atoms with Crippen molar-refractivity contribution in [3.8, 4) is 17.2 Å². The van der Waals surface area contributed by atoms with Crippen molar-refractivity contribution in [2.45, 2.75) is 32.4 Å². The van der Waals surface area contributed by atoms with Gasteiger partial charge in [0.25, 0.3) is 0 Å². The normalized spacial score (nSPS) is 15.6. The quantitative estimate of drug-likeness (QED) is 0.931. The van der Waals surface area contributed by atoms with Crippen LogP contribution in [0.3, 0.4) is 0 Å². The van der Waals surface area contributed by atoms with Crippen LogP contribution in [0.1, 0.15) is 25.1 Å². The zero-order chi connectivity index (χ0) is 14.2. The second-order valence-electron chi connectivity index (χ2n) is 5.54. The number of pyridine rings is 1. The Morgan fingerprint density at radius 3 is 2.85 bits per heavy atom. The highest BCUT2D eigenvalue weighted by Crippen LogP contribution is 2.43. The first kappa shape index (κ1) is 12.9. The lowest BCUT2D eigenvalue weighted by Gasteiger charge is -2.18. The van der Waals surface area contributed by atoms with E-state index in [0.29, 0.717) is 12.3 Å². The van der Waals surface area contributed by atoms with Crippen LogP contribution in [0.2, 0.25) is 0 Å². The van der Waals surface area contributed by atoms with E-state index in [1.807, 2.05) is 24.3 Å². The third kappa shape index (κ3) is 2.34. The van der Waals surface area contributed by atoms with Crippen LogP contribution in [0.4, 0.5) is 0 Å². The van der Waals surface area contributed by atoms with E-state index in [4.69, 9.17) is 15.2 Å². The first-order valence-corrected chi connectivity index (χ1v) is 6.72. The van der Waals surface area contributed by atoms with Crippen molar-refractivity contribution < 1.29 is 9.47 Å². The molecule has 1 aliphatic rings. The summed E-state index contributed by atoms with van der Waals surface area (Å²) in [7, 11) is 0. The Kier molecular flexibility index (Phi) is 3.10. The van der Waals surface area contributed by atoms with Gasteiger partial charge in [-0.2, -0.15) is 0 Å². The van der Waals surface area contributed by atoms with Gasteiger partial charge in [0.2, 0.25) is 0 Å². The van der Waals surface area contributed by atoms with E-state index in [9.17, 15) is 0 Å². The van der Waals surface area contributed by atoms with Crippen molar-refractivity contribution in [3.63, 3.8) is 0 Å². The lowest BCUT2D eigenvalue weighted by atomic mass is 10.0. The van der Waals surface area contributed by atoms with Crippen molar-refractivity contribution in [2.75, 3.05) is 0 Å². The number of hydrogen-bond acceptors (Lipinski definition) is 4. The Hall–Kier alpha value is -2.07. The Labute approximate surface area is 118 Å². The maximum atomic E-state index is 5.99. The maximum Gasteiger partial charge on any atom is 0.169 e. The Morgan fingerprint density at radius 2 is 2.05 bits per heavy atom. The number of hydrogen-bond donors (Lipinski definition) is 1. The van der Waals surface area contributed by atoms with Gasteiger partial charge in [0.15, 0.2) is 11.5 Å². The molecule has 0 bridgehead atoms. The molecule has 4 nitrogen and oxygen atoms in total. The highest BCUT2D eigenvalue weighted by Gasteiger charge is 2.32. The van der Waals surface area contributed by atoms with E-state index in [-0.39, 0.29) is 5.60 Å². The van der Waals surface area contributed by atoms with E-state index in [1.165, 1.54) is 5.56 Å². The Bertz CT molecular complexity index is 638. The highest BCUT2D eigenvalue weighted by molar-refractivity contribution is 5.52. The van der Waals surface area contributed by atoms with Gasteiger partial charge in [-0.1, -0.05) is 12.1 Å². The first-order valence-electron chi connectivity index (χ1n) is 6.72. The van der Waals surface area contributed by atoms with Crippen molar-refractivity contribution in [3.05, 3.63) is 47.8 Å². The average molecular weight is 270 g/mol. The van der Waals surface area contributed by atoms with E-state index < -0.39 is 0 Å². The molecule has 0 fully saturated rings. The minimum atomic E-state index is -0.187. The molecule has 4 heteroatoms. The van der Waals surface area contributed by atoms with Crippen LogP contribution < -0.4 is 15.2 Å². The summed E-state index contributed by atoms with van der Waals surface area (Å²) in [4.78, 5) is 4.22. The standard InChI is InChI=1S/C16H18N2O2/c1-16(2)9-11-5-3-6-14(15(11)20-16)19-13-7-4-8-18-12(13)10-17/h3-8H,9-10,17H2,1-2H3. The predicted molar refractivity (Wildman–Crippen MR) is 77.1 cm³/mol. The van der Waals surface area contributed by atoms with Gasteiger partial charge in [-0.3, -0.25) is 4.98 Å². The molecule has 3 rings (SSSR count). The molecule has 2 N–H and O–H groups in total. The molecule has 0 atom stereocenters. The smallest absolute Gasteiger partial charge is 0.169 e. The van der Waals surface area contributed by atoms with Crippen molar-refractivity contribution in [1.29, 1.82) is 0 Å². The molecule has 1 aliphatic heterocycles. The summed E-state index contributed by atoms with van der Waals surface area (Å²) in [6, 6.07) is 9.67. The minimum absolute atomic E-state index is 0.187. The topological polar surface area (TPSA) is 57.4 Å². The van der Waals surface area contributed by atoms with Crippen LogP contribution in [0.5, 0.6) is 17.2 Å². The molecule has 2 heterocycles. The fraction of sp³-hybridized carbons (Fsp3) is 0.312. The average Bonchev–Trinajstić information content (AvgIpc) is 2.74. The molecule has 1 aromatic heterocycles. The van der Waals surface area contributed by atoms with E-state index in [2.05, 4.69) is 24.9 Å². The zero-order valence-corrected chi connectivity index (χ0v) is 11.7. The van der Waals surface area contributed by atoms with E-state index >= 15 is 0 Å². The SMILES string of the molecule is CC1(C)Cc2cccc(Oc3cccnc3CN)c2O1. The molecule has 0 saturated heterocycles. The number of ether oxygens (including phenoxy) is 2. The zero-order valence-electron chi connectivity index (χ0n) is 11.7. The molecular formula is C16H18N2O2. The molecule has 104 valence electrons. The lowest BCUT2D eigenvalue weighted by Crippen LogP contribution is -2.24. The number of rotatable bonds is 3. The molecule has 2 aromatic rings. The third-order valence-electron chi connectivity index (χ3n) is 3.32. The molecule has 0 spiro atoms. The van der Waals surface area contributed by atoms with Crippen LogP contribution in [-0.4, -0.2) is 10.6 Å². The molecule has 0 amide bonds. The second kappa shape index (κ2) is 4.80. The summed E-state index contributed by atoms with van der Waals surface area (Å²) < 4.78 is 12.0. The monoisotopic (exact) mass is 270 g/mol.